The molecule has 0 aliphatic heterocycles. The third-order valence-corrected chi connectivity index (χ3v) is 10.6. The molecule has 0 saturated heterocycles. The van der Waals surface area contributed by atoms with Crippen LogP contribution in [0.15, 0.2) is 166 Å². The van der Waals surface area contributed by atoms with Crippen molar-refractivity contribution in [2.75, 3.05) is 17.9 Å². The number of phenols is 2. The van der Waals surface area contributed by atoms with Gasteiger partial charge in [0.15, 0.2) is 11.5 Å². The van der Waals surface area contributed by atoms with Gasteiger partial charge in [-0.3, -0.25) is 19.9 Å². The molecule has 0 fully saturated rings. The number of phenolic OH excluding ortho intramolecular Hbond substituents is 2. The number of azo groups is 2. The van der Waals surface area contributed by atoms with E-state index in [1.165, 1.54) is 0 Å². The Morgan fingerprint density at radius 1 is 0.639 bits per heavy atom. The number of nitrogens with zero attached hydrogens (tertiary/aromatic N) is 4. The van der Waals surface area contributed by atoms with Crippen LogP contribution in [-0.4, -0.2) is 29.0 Å². The van der Waals surface area contributed by atoms with Gasteiger partial charge < -0.3 is 20.3 Å². The van der Waals surface area contributed by atoms with Crippen molar-refractivity contribution in [2.45, 2.75) is 6.61 Å². The summed E-state index contributed by atoms with van der Waals surface area (Å²) in [5, 5.41) is 46.3. The van der Waals surface area contributed by atoms with E-state index in [4.69, 9.17) is 21.2 Å². The number of ether oxygens (including phenoxy) is 1. The number of fused-ring (bicyclic) bond motifs is 5. The Morgan fingerprint density at radius 2 is 1.21 bits per heavy atom. The fourth-order valence-electron chi connectivity index (χ4n) is 7.18. The Bertz CT molecular complexity index is 3120. The van der Waals surface area contributed by atoms with Crippen molar-refractivity contribution in [2.24, 2.45) is 20.5 Å². The number of aromatic hydroxyl groups is 2. The van der Waals surface area contributed by atoms with E-state index in [1.54, 1.807) is 98.1 Å². The standard InChI is InChI=1S/C48H33ClN6O6/c1-60-33-18-14-30(15-19-33)55-61-26-29-22-27-8-2-4-10-34(27)43(45(29)56)53-51-31-16-20-36-37-21-17-32(25-39(37)46(57)38(36)24-31)52-54-44-35-11-5-3-9-28(35)23-40(47(44)58)48(59)50-42-13-7-6-12-41(42)49/h2-25,55-56,58H,26H2,1H3,(H,50,59). The molecular formula is C48H33ClN6O6. The maximum Gasteiger partial charge on any atom is 0.259 e. The average molecular weight is 825 g/mol. The lowest BCUT2D eigenvalue weighted by Crippen LogP contribution is -2.12. The molecular weight excluding hydrogens is 792 g/mol. The number of carbonyl (C=O) groups is 2. The predicted octanol–water partition coefficient (Wildman–Crippen LogP) is 12.9. The van der Waals surface area contributed by atoms with Crippen molar-refractivity contribution < 1.29 is 29.4 Å². The number of rotatable bonds is 11. The normalized spacial score (nSPS) is 12.0. The van der Waals surface area contributed by atoms with Gasteiger partial charge in [-0.1, -0.05) is 84.4 Å². The molecule has 0 unspecified atom stereocenters. The van der Waals surface area contributed by atoms with Crippen molar-refractivity contribution in [3.05, 3.63) is 173 Å². The summed E-state index contributed by atoms with van der Waals surface area (Å²) in [6, 6.07) is 42.5. The lowest BCUT2D eigenvalue weighted by atomic mass is 10.0. The van der Waals surface area contributed by atoms with E-state index >= 15 is 0 Å². The first kappa shape index (κ1) is 38.6. The maximum atomic E-state index is 13.9. The molecule has 298 valence electrons. The minimum atomic E-state index is -0.574. The van der Waals surface area contributed by atoms with Crippen LogP contribution in [0.4, 0.5) is 34.1 Å². The topological polar surface area (TPSA) is 167 Å². The Balaban J connectivity index is 0.960. The van der Waals surface area contributed by atoms with Gasteiger partial charge in [-0.05, 0) is 94.7 Å². The molecule has 0 saturated carbocycles. The Morgan fingerprint density at radius 3 is 1.84 bits per heavy atom. The zero-order valence-corrected chi connectivity index (χ0v) is 33.0. The largest absolute Gasteiger partial charge is 0.505 e. The third kappa shape index (κ3) is 7.60. The van der Waals surface area contributed by atoms with E-state index < -0.39 is 5.91 Å². The molecule has 1 amide bonds. The molecule has 4 N–H and O–H groups in total. The zero-order chi connectivity index (χ0) is 42.0. The molecule has 0 aromatic heterocycles. The Labute approximate surface area is 353 Å². The average Bonchev–Trinajstić information content (AvgIpc) is 3.56. The van der Waals surface area contributed by atoms with E-state index in [2.05, 4.69) is 31.3 Å². The van der Waals surface area contributed by atoms with Crippen LogP contribution in [0.2, 0.25) is 5.02 Å². The first-order valence-corrected chi connectivity index (χ1v) is 19.4. The number of ketones is 1. The number of amides is 1. The highest BCUT2D eigenvalue weighted by molar-refractivity contribution is 6.34. The van der Waals surface area contributed by atoms with Gasteiger partial charge in [0.2, 0.25) is 0 Å². The molecule has 0 atom stereocenters. The van der Waals surface area contributed by atoms with Crippen molar-refractivity contribution in [1.82, 2.24) is 0 Å². The van der Waals surface area contributed by atoms with E-state index in [9.17, 15) is 19.8 Å². The minimum Gasteiger partial charge on any atom is -0.505 e. The van der Waals surface area contributed by atoms with E-state index in [0.717, 1.165) is 10.9 Å². The monoisotopic (exact) mass is 824 g/mol. The molecule has 61 heavy (non-hydrogen) atoms. The second-order valence-electron chi connectivity index (χ2n) is 14.0. The summed E-state index contributed by atoms with van der Waals surface area (Å²) in [4.78, 5) is 33.0. The summed E-state index contributed by atoms with van der Waals surface area (Å²) in [6.45, 7) is 0.0319. The summed E-state index contributed by atoms with van der Waals surface area (Å²) >= 11 is 6.27. The first-order chi connectivity index (χ1) is 29.7. The van der Waals surface area contributed by atoms with Crippen molar-refractivity contribution >= 4 is 79.0 Å². The first-order valence-electron chi connectivity index (χ1n) is 19.0. The number of para-hydroxylation sites is 1. The number of hydrogen-bond donors (Lipinski definition) is 4. The highest BCUT2D eigenvalue weighted by atomic mass is 35.5. The number of methoxy groups -OCH3 is 1. The number of anilines is 2. The Hall–Kier alpha value is -7.93. The van der Waals surface area contributed by atoms with Gasteiger partial charge in [0.25, 0.3) is 5.91 Å². The van der Waals surface area contributed by atoms with Crippen LogP contribution in [0.25, 0.3) is 32.7 Å². The molecule has 1 aliphatic rings. The molecule has 0 bridgehead atoms. The van der Waals surface area contributed by atoms with Crippen LogP contribution in [0, 0.1) is 0 Å². The van der Waals surface area contributed by atoms with Crippen molar-refractivity contribution in [1.29, 1.82) is 0 Å². The van der Waals surface area contributed by atoms with E-state index in [0.29, 0.717) is 71.9 Å². The van der Waals surface area contributed by atoms with Crippen LogP contribution >= 0.6 is 11.6 Å². The molecule has 12 nitrogen and oxygen atoms in total. The van der Waals surface area contributed by atoms with Gasteiger partial charge >= 0.3 is 0 Å². The SMILES string of the molecule is COc1ccc(NOCc2cc3ccccc3c(N=Nc3ccc4c(c3)C(=O)c3cc(N=Nc5c(O)c(C(=O)Nc6ccccc6Cl)cc6ccccc56)ccc3-4)c2O)cc1. The van der Waals surface area contributed by atoms with Gasteiger partial charge in [-0.25, -0.2) is 0 Å². The number of halogens is 1. The molecule has 0 radical (unpaired) electrons. The summed E-state index contributed by atoms with van der Waals surface area (Å²) < 4.78 is 5.21. The quantitative estimate of drug-likeness (QED) is 0.0744. The fourth-order valence-corrected chi connectivity index (χ4v) is 7.36. The predicted molar refractivity (Wildman–Crippen MR) is 236 cm³/mol. The van der Waals surface area contributed by atoms with E-state index in [1.807, 2.05) is 54.6 Å². The van der Waals surface area contributed by atoms with Crippen LogP contribution in [-0.2, 0) is 11.4 Å². The van der Waals surface area contributed by atoms with Gasteiger partial charge in [0, 0.05) is 27.5 Å². The van der Waals surface area contributed by atoms with Crippen molar-refractivity contribution in [3.63, 3.8) is 0 Å². The third-order valence-electron chi connectivity index (χ3n) is 10.3. The van der Waals surface area contributed by atoms with Crippen LogP contribution in [0.3, 0.4) is 0 Å². The van der Waals surface area contributed by atoms with Crippen LogP contribution in [0.5, 0.6) is 17.2 Å². The highest BCUT2D eigenvalue weighted by Crippen LogP contribution is 2.44. The maximum absolute atomic E-state index is 13.9. The molecule has 1 aliphatic carbocycles. The molecule has 8 aromatic carbocycles. The molecule has 9 rings (SSSR count). The molecule has 0 spiro atoms. The summed E-state index contributed by atoms with van der Waals surface area (Å²) in [6.07, 6.45) is 0. The molecule has 13 heteroatoms. The van der Waals surface area contributed by atoms with Gasteiger partial charge in [0.1, 0.15) is 29.5 Å². The lowest BCUT2D eigenvalue weighted by molar-refractivity contribution is 0.102. The van der Waals surface area contributed by atoms with Crippen LogP contribution < -0.4 is 15.5 Å². The minimum absolute atomic E-state index is 0.0108. The molecule has 0 heterocycles. The molecule has 8 aromatic rings. The Kier molecular flexibility index (Phi) is 10.4. The second-order valence-corrected chi connectivity index (χ2v) is 14.4. The van der Waals surface area contributed by atoms with Crippen molar-refractivity contribution in [3.8, 4) is 28.4 Å². The van der Waals surface area contributed by atoms with Gasteiger partial charge in [-0.2, -0.15) is 10.2 Å². The van der Waals surface area contributed by atoms with E-state index in [-0.39, 0.29) is 40.8 Å². The highest BCUT2D eigenvalue weighted by Gasteiger charge is 2.28. The summed E-state index contributed by atoms with van der Waals surface area (Å²) in [5.41, 5.74) is 7.88. The van der Waals surface area contributed by atoms with Gasteiger partial charge in [0.05, 0.1) is 40.4 Å². The lowest BCUT2D eigenvalue weighted by Gasteiger charge is -2.12. The fraction of sp³-hybridized carbons (Fsp3) is 0.0417. The smallest absolute Gasteiger partial charge is 0.259 e. The number of carbonyl (C=O) groups excluding carboxylic acids is 2. The second kappa shape index (κ2) is 16.4. The summed E-state index contributed by atoms with van der Waals surface area (Å²) in [5.74, 6) is -0.536. The summed E-state index contributed by atoms with van der Waals surface area (Å²) in [7, 11) is 1.60. The number of hydrogen-bond acceptors (Lipinski definition) is 11. The number of benzene rings is 8. The van der Waals surface area contributed by atoms with Gasteiger partial charge in [-0.15, -0.1) is 10.2 Å². The van der Waals surface area contributed by atoms with Crippen LogP contribution in [0.1, 0.15) is 31.8 Å². The number of nitrogens with one attached hydrogen (secondary N) is 2. The zero-order valence-electron chi connectivity index (χ0n) is 32.3.